The smallest absolute Gasteiger partial charge is 0.326 e. The molecule has 0 aliphatic heterocycles. The number of ether oxygens (including phenoxy) is 1. The lowest BCUT2D eigenvalue weighted by Gasteiger charge is -2.29. The Labute approximate surface area is 149 Å². The van der Waals surface area contributed by atoms with Crippen LogP contribution in [0.3, 0.4) is 0 Å². The minimum atomic E-state index is -0.708. The highest BCUT2D eigenvalue weighted by molar-refractivity contribution is 7.07. The van der Waals surface area contributed by atoms with E-state index in [0.717, 1.165) is 37.0 Å². The number of urea groups is 1. The van der Waals surface area contributed by atoms with Gasteiger partial charge in [-0.2, -0.15) is 0 Å². The Morgan fingerprint density at radius 3 is 2.68 bits per heavy atom. The Hall–Kier alpha value is -2.16. The number of carbonyl (C=O) groups excluding carboxylic acids is 3. The fourth-order valence-corrected chi connectivity index (χ4v) is 3.55. The summed E-state index contributed by atoms with van der Waals surface area (Å²) < 4.78 is 6.08. The Morgan fingerprint density at radius 2 is 2.04 bits per heavy atom. The van der Waals surface area contributed by atoms with E-state index >= 15 is 0 Å². The third-order valence-electron chi connectivity index (χ3n) is 4.31. The standard InChI is InChI=1S/C16H23N3O5S/c1-10-5-3-4-6-12(10)17-15(22)18-13(20)8-24-14(21)7-19-11(2)9-25-16(19)23/h9-10,12H,3-8H2,1-2H3,(H2,17,18,20,22)/t10-,12-/m1/s1. The van der Waals surface area contributed by atoms with Crippen molar-refractivity contribution in [2.75, 3.05) is 6.61 Å². The highest BCUT2D eigenvalue weighted by Crippen LogP contribution is 2.23. The molecule has 2 N–H and O–H groups in total. The molecule has 1 fully saturated rings. The van der Waals surface area contributed by atoms with E-state index in [2.05, 4.69) is 17.6 Å². The summed E-state index contributed by atoms with van der Waals surface area (Å²) in [4.78, 5) is 46.5. The fraction of sp³-hybridized carbons (Fsp3) is 0.625. The van der Waals surface area contributed by atoms with Crippen LogP contribution in [0.1, 0.15) is 38.3 Å². The van der Waals surface area contributed by atoms with E-state index in [-0.39, 0.29) is 17.5 Å². The Balaban J connectivity index is 1.71. The van der Waals surface area contributed by atoms with Crippen LogP contribution in [0.5, 0.6) is 0 Å². The topological polar surface area (TPSA) is 106 Å². The molecule has 1 saturated carbocycles. The second-order valence-electron chi connectivity index (χ2n) is 6.28. The number of aromatic nitrogens is 1. The number of rotatable bonds is 5. The molecule has 3 amide bonds. The minimum Gasteiger partial charge on any atom is -0.454 e. The van der Waals surface area contributed by atoms with E-state index in [4.69, 9.17) is 4.74 Å². The predicted octanol–water partition coefficient (Wildman–Crippen LogP) is 1.17. The monoisotopic (exact) mass is 369 g/mol. The molecule has 2 rings (SSSR count). The lowest BCUT2D eigenvalue weighted by molar-refractivity contribution is -0.148. The van der Waals surface area contributed by atoms with Gasteiger partial charge in [-0.3, -0.25) is 24.3 Å². The van der Waals surface area contributed by atoms with Gasteiger partial charge in [0.05, 0.1) is 0 Å². The fourth-order valence-electron chi connectivity index (χ4n) is 2.81. The SMILES string of the molecule is Cc1csc(=O)n1CC(=O)OCC(=O)NC(=O)N[C@@H]1CCCC[C@H]1C. The zero-order valence-corrected chi connectivity index (χ0v) is 15.2. The maximum absolute atomic E-state index is 11.8. The number of hydrogen-bond acceptors (Lipinski definition) is 6. The highest BCUT2D eigenvalue weighted by atomic mass is 32.1. The third-order valence-corrected chi connectivity index (χ3v) is 5.19. The van der Waals surface area contributed by atoms with Gasteiger partial charge in [0.15, 0.2) is 6.61 Å². The van der Waals surface area contributed by atoms with Crippen molar-refractivity contribution >= 4 is 29.2 Å². The van der Waals surface area contributed by atoms with Crippen molar-refractivity contribution in [2.24, 2.45) is 5.92 Å². The van der Waals surface area contributed by atoms with E-state index in [1.807, 2.05) is 0 Å². The number of hydrogen-bond donors (Lipinski definition) is 2. The van der Waals surface area contributed by atoms with Crippen LogP contribution in [0.15, 0.2) is 10.2 Å². The van der Waals surface area contributed by atoms with Gasteiger partial charge in [0, 0.05) is 17.1 Å². The average molecular weight is 369 g/mol. The van der Waals surface area contributed by atoms with Crippen molar-refractivity contribution in [3.63, 3.8) is 0 Å². The van der Waals surface area contributed by atoms with E-state index in [1.54, 1.807) is 12.3 Å². The van der Waals surface area contributed by atoms with Gasteiger partial charge in [0.25, 0.3) is 5.91 Å². The molecule has 0 aromatic carbocycles. The molecular weight excluding hydrogens is 346 g/mol. The van der Waals surface area contributed by atoms with Gasteiger partial charge in [0.2, 0.25) is 0 Å². The highest BCUT2D eigenvalue weighted by Gasteiger charge is 2.23. The summed E-state index contributed by atoms with van der Waals surface area (Å²) in [6.45, 7) is 2.95. The van der Waals surface area contributed by atoms with Gasteiger partial charge in [-0.05, 0) is 25.7 Å². The quantitative estimate of drug-likeness (QED) is 0.758. The Kier molecular flexibility index (Phi) is 6.74. The van der Waals surface area contributed by atoms with Gasteiger partial charge in [-0.15, -0.1) is 0 Å². The van der Waals surface area contributed by atoms with Crippen LogP contribution in [-0.4, -0.2) is 35.1 Å². The van der Waals surface area contributed by atoms with Crippen molar-refractivity contribution in [1.29, 1.82) is 0 Å². The summed E-state index contributed by atoms with van der Waals surface area (Å²) in [5.41, 5.74) is 0.650. The number of nitrogens with zero attached hydrogens (tertiary/aromatic N) is 1. The molecule has 138 valence electrons. The summed E-state index contributed by atoms with van der Waals surface area (Å²) in [5, 5.41) is 6.57. The van der Waals surface area contributed by atoms with Crippen LogP contribution in [0.25, 0.3) is 0 Å². The first-order valence-corrected chi connectivity index (χ1v) is 9.15. The molecule has 1 heterocycles. The molecule has 2 atom stereocenters. The van der Waals surface area contributed by atoms with Crippen LogP contribution >= 0.6 is 11.3 Å². The van der Waals surface area contributed by atoms with Crippen molar-refractivity contribution in [2.45, 2.75) is 52.1 Å². The second kappa shape index (κ2) is 8.80. The zero-order valence-electron chi connectivity index (χ0n) is 14.4. The van der Waals surface area contributed by atoms with E-state index in [0.29, 0.717) is 11.6 Å². The van der Waals surface area contributed by atoms with E-state index in [9.17, 15) is 19.2 Å². The summed E-state index contributed by atoms with van der Waals surface area (Å²) in [5.74, 6) is -1.04. The number of carbonyl (C=O) groups is 3. The molecule has 8 nitrogen and oxygen atoms in total. The first-order chi connectivity index (χ1) is 11.9. The van der Waals surface area contributed by atoms with Crippen LogP contribution in [0, 0.1) is 12.8 Å². The lowest BCUT2D eigenvalue weighted by atomic mass is 9.86. The van der Waals surface area contributed by atoms with Crippen molar-refractivity contribution < 1.29 is 19.1 Å². The molecule has 0 unspecified atom stereocenters. The lowest BCUT2D eigenvalue weighted by Crippen LogP contribution is -2.48. The first-order valence-electron chi connectivity index (χ1n) is 8.27. The summed E-state index contributed by atoms with van der Waals surface area (Å²) in [7, 11) is 0. The number of aryl methyl sites for hydroxylation is 1. The molecule has 1 aromatic rings. The number of nitrogens with one attached hydrogen (secondary N) is 2. The molecule has 0 radical (unpaired) electrons. The predicted molar refractivity (Wildman–Crippen MR) is 92.4 cm³/mol. The van der Waals surface area contributed by atoms with E-state index in [1.165, 1.54) is 4.57 Å². The van der Waals surface area contributed by atoms with Crippen molar-refractivity contribution in [1.82, 2.24) is 15.2 Å². The summed E-state index contributed by atoms with van der Waals surface area (Å²) in [6, 6.07) is -0.526. The van der Waals surface area contributed by atoms with Gasteiger partial charge in [0.1, 0.15) is 6.54 Å². The van der Waals surface area contributed by atoms with Gasteiger partial charge >= 0.3 is 16.9 Å². The number of imide groups is 1. The molecule has 25 heavy (non-hydrogen) atoms. The molecule has 1 aliphatic rings. The van der Waals surface area contributed by atoms with Crippen molar-refractivity contribution in [3.05, 3.63) is 20.7 Å². The van der Waals surface area contributed by atoms with Crippen molar-refractivity contribution in [3.8, 4) is 0 Å². The molecule has 0 saturated heterocycles. The maximum Gasteiger partial charge on any atom is 0.326 e. The molecule has 1 aliphatic carbocycles. The van der Waals surface area contributed by atoms with Crippen LogP contribution in [-0.2, 0) is 20.9 Å². The van der Waals surface area contributed by atoms with Crippen LogP contribution in [0.4, 0.5) is 4.79 Å². The van der Waals surface area contributed by atoms with Gasteiger partial charge in [-0.1, -0.05) is 31.1 Å². The molecule has 0 bridgehead atoms. The summed E-state index contributed by atoms with van der Waals surface area (Å²) >= 11 is 0.990. The normalized spacial score (nSPS) is 19.9. The molecular formula is C16H23N3O5S. The number of amides is 3. The number of esters is 1. The van der Waals surface area contributed by atoms with Gasteiger partial charge in [-0.25, -0.2) is 4.79 Å². The first kappa shape index (κ1) is 19.2. The Morgan fingerprint density at radius 1 is 1.32 bits per heavy atom. The molecule has 9 heteroatoms. The van der Waals surface area contributed by atoms with E-state index < -0.39 is 24.5 Å². The minimum absolute atomic E-state index is 0.0533. The van der Waals surface area contributed by atoms with Crippen LogP contribution in [0.2, 0.25) is 0 Å². The number of thiazole rings is 1. The third kappa shape index (κ3) is 5.70. The maximum atomic E-state index is 11.8. The largest absolute Gasteiger partial charge is 0.454 e. The Bertz CT molecular complexity index is 696. The molecule has 1 aromatic heterocycles. The van der Waals surface area contributed by atoms with Crippen LogP contribution < -0.4 is 15.5 Å². The van der Waals surface area contributed by atoms with Gasteiger partial charge < -0.3 is 10.1 Å². The average Bonchev–Trinajstić information content (AvgIpc) is 2.87. The second-order valence-corrected chi connectivity index (χ2v) is 7.10. The summed E-state index contributed by atoms with van der Waals surface area (Å²) in [6.07, 6.45) is 4.16. The molecule has 0 spiro atoms. The zero-order chi connectivity index (χ0) is 18.4.